The molecular weight excluding hydrogens is 268 g/mol. The Hall–Kier alpha value is -1.10. The summed E-state index contributed by atoms with van der Waals surface area (Å²) >= 11 is 0. The van der Waals surface area contributed by atoms with Crippen molar-refractivity contribution in [2.45, 2.75) is 63.9 Å². The largest absolute Gasteiger partial charge is 0.389 e. The highest BCUT2D eigenvalue weighted by molar-refractivity contribution is 5.80. The van der Waals surface area contributed by atoms with E-state index in [0.717, 1.165) is 51.5 Å². The van der Waals surface area contributed by atoms with Crippen LogP contribution < -0.4 is 5.32 Å². The molecule has 0 aromatic rings. The monoisotopic (exact) mass is 296 g/mol. The van der Waals surface area contributed by atoms with Crippen LogP contribution in [0.15, 0.2) is 0 Å². The Morgan fingerprint density at radius 2 is 1.86 bits per heavy atom. The van der Waals surface area contributed by atoms with Crippen LogP contribution in [0.1, 0.15) is 58.3 Å². The first-order chi connectivity index (χ1) is 10.0. The van der Waals surface area contributed by atoms with Gasteiger partial charge in [-0.2, -0.15) is 0 Å². The SMILES string of the molecule is CCCNC(=O)C1CCN(C(=O)CC2(O)CCCC2)CC1. The number of carbonyl (C=O) groups excluding carboxylic acids is 2. The summed E-state index contributed by atoms with van der Waals surface area (Å²) < 4.78 is 0. The molecule has 2 aliphatic rings. The van der Waals surface area contributed by atoms with E-state index in [1.807, 2.05) is 11.8 Å². The zero-order chi connectivity index (χ0) is 15.3. The minimum absolute atomic E-state index is 0.0372. The van der Waals surface area contributed by atoms with Crippen LogP contribution in [0.2, 0.25) is 0 Å². The van der Waals surface area contributed by atoms with Crippen molar-refractivity contribution in [1.29, 1.82) is 0 Å². The number of likely N-dealkylation sites (tertiary alicyclic amines) is 1. The Labute approximate surface area is 127 Å². The van der Waals surface area contributed by atoms with Crippen LogP contribution in [0.25, 0.3) is 0 Å². The van der Waals surface area contributed by atoms with Crippen LogP contribution in [-0.2, 0) is 9.59 Å². The number of hydrogen-bond acceptors (Lipinski definition) is 3. The summed E-state index contributed by atoms with van der Waals surface area (Å²) in [5.41, 5.74) is -0.771. The first kappa shape index (κ1) is 16.3. The third-order valence-electron chi connectivity index (χ3n) is 4.78. The standard InChI is InChI=1S/C16H28N2O3/c1-2-9-17-15(20)13-5-10-18(11-6-13)14(19)12-16(21)7-3-4-8-16/h13,21H,2-12H2,1H3,(H,17,20). The normalized spacial score (nSPS) is 22.3. The second-order valence-electron chi connectivity index (χ2n) is 6.55. The second-order valence-corrected chi connectivity index (χ2v) is 6.55. The molecule has 1 saturated carbocycles. The van der Waals surface area contributed by atoms with Gasteiger partial charge in [-0.3, -0.25) is 9.59 Å². The molecule has 0 atom stereocenters. The van der Waals surface area contributed by atoms with Gasteiger partial charge in [0.25, 0.3) is 0 Å². The Kier molecular flexibility index (Phi) is 5.62. The van der Waals surface area contributed by atoms with E-state index in [9.17, 15) is 14.7 Å². The molecule has 2 rings (SSSR count). The maximum atomic E-state index is 12.3. The fourth-order valence-electron chi connectivity index (χ4n) is 3.39. The third kappa shape index (κ3) is 4.43. The van der Waals surface area contributed by atoms with Crippen LogP contribution in [0.4, 0.5) is 0 Å². The number of nitrogens with one attached hydrogen (secondary N) is 1. The molecule has 21 heavy (non-hydrogen) atoms. The van der Waals surface area contributed by atoms with Crippen molar-refractivity contribution in [3.63, 3.8) is 0 Å². The Morgan fingerprint density at radius 1 is 1.24 bits per heavy atom. The van der Waals surface area contributed by atoms with E-state index < -0.39 is 5.60 Å². The lowest BCUT2D eigenvalue weighted by Crippen LogP contribution is -2.45. The van der Waals surface area contributed by atoms with Crippen molar-refractivity contribution < 1.29 is 14.7 Å². The number of aliphatic hydroxyl groups is 1. The summed E-state index contributed by atoms with van der Waals surface area (Å²) in [7, 11) is 0. The molecule has 2 amide bonds. The average Bonchev–Trinajstić information content (AvgIpc) is 2.91. The van der Waals surface area contributed by atoms with Crippen LogP contribution in [0.5, 0.6) is 0 Å². The number of nitrogens with zero attached hydrogens (tertiary/aromatic N) is 1. The predicted octanol–water partition coefficient (Wildman–Crippen LogP) is 1.45. The first-order valence-electron chi connectivity index (χ1n) is 8.32. The fraction of sp³-hybridized carbons (Fsp3) is 0.875. The highest BCUT2D eigenvalue weighted by atomic mass is 16.3. The zero-order valence-corrected chi connectivity index (χ0v) is 13.1. The number of rotatable bonds is 5. The van der Waals surface area contributed by atoms with Gasteiger partial charge in [0, 0.05) is 25.6 Å². The zero-order valence-electron chi connectivity index (χ0n) is 13.1. The molecular formula is C16H28N2O3. The minimum atomic E-state index is -0.771. The van der Waals surface area contributed by atoms with Crippen LogP contribution in [0, 0.1) is 5.92 Å². The van der Waals surface area contributed by atoms with Crippen LogP contribution in [-0.4, -0.2) is 47.1 Å². The number of carbonyl (C=O) groups is 2. The molecule has 0 aromatic heterocycles. The Balaban J connectivity index is 1.75. The van der Waals surface area contributed by atoms with E-state index >= 15 is 0 Å². The first-order valence-corrected chi connectivity index (χ1v) is 8.32. The van der Waals surface area contributed by atoms with Gasteiger partial charge in [0.15, 0.2) is 0 Å². The summed E-state index contributed by atoms with van der Waals surface area (Å²) in [5.74, 6) is 0.209. The smallest absolute Gasteiger partial charge is 0.225 e. The molecule has 1 aliphatic heterocycles. The summed E-state index contributed by atoms with van der Waals surface area (Å²) in [4.78, 5) is 26.0. The molecule has 1 heterocycles. The number of piperidine rings is 1. The Morgan fingerprint density at radius 3 is 2.43 bits per heavy atom. The van der Waals surface area contributed by atoms with Gasteiger partial charge in [0.05, 0.1) is 12.0 Å². The maximum absolute atomic E-state index is 12.3. The molecule has 5 heteroatoms. The van der Waals surface area contributed by atoms with E-state index in [-0.39, 0.29) is 24.2 Å². The average molecular weight is 296 g/mol. The molecule has 120 valence electrons. The van der Waals surface area contributed by atoms with Gasteiger partial charge in [-0.15, -0.1) is 0 Å². The van der Waals surface area contributed by atoms with Crippen LogP contribution in [0.3, 0.4) is 0 Å². The van der Waals surface area contributed by atoms with Crippen molar-refractivity contribution in [3.8, 4) is 0 Å². The molecule has 0 unspecified atom stereocenters. The lowest BCUT2D eigenvalue weighted by atomic mass is 9.93. The quantitative estimate of drug-likeness (QED) is 0.806. The molecule has 0 spiro atoms. The second kappa shape index (κ2) is 7.25. The van der Waals surface area contributed by atoms with E-state index in [1.165, 1.54) is 0 Å². The molecule has 0 radical (unpaired) electrons. The summed E-state index contributed by atoms with van der Waals surface area (Å²) in [6.45, 7) is 4.04. The lowest BCUT2D eigenvalue weighted by molar-refractivity contribution is -0.139. The third-order valence-corrected chi connectivity index (χ3v) is 4.78. The van der Waals surface area contributed by atoms with Gasteiger partial charge >= 0.3 is 0 Å². The molecule has 2 N–H and O–H groups in total. The van der Waals surface area contributed by atoms with Gasteiger partial charge in [0.1, 0.15) is 0 Å². The van der Waals surface area contributed by atoms with Crippen molar-refractivity contribution in [2.75, 3.05) is 19.6 Å². The van der Waals surface area contributed by atoms with E-state index in [0.29, 0.717) is 13.1 Å². The van der Waals surface area contributed by atoms with E-state index in [1.54, 1.807) is 0 Å². The summed E-state index contributed by atoms with van der Waals surface area (Å²) in [6.07, 6.45) is 6.19. The highest BCUT2D eigenvalue weighted by Gasteiger charge is 2.36. The van der Waals surface area contributed by atoms with Gasteiger partial charge in [-0.05, 0) is 32.1 Å². The molecule has 1 aliphatic carbocycles. The fourth-order valence-corrected chi connectivity index (χ4v) is 3.39. The minimum Gasteiger partial charge on any atom is -0.389 e. The van der Waals surface area contributed by atoms with Crippen LogP contribution >= 0.6 is 0 Å². The molecule has 1 saturated heterocycles. The molecule has 0 aromatic carbocycles. The Bertz CT molecular complexity index is 370. The van der Waals surface area contributed by atoms with Crippen molar-refractivity contribution in [3.05, 3.63) is 0 Å². The predicted molar refractivity (Wildman–Crippen MR) is 80.6 cm³/mol. The van der Waals surface area contributed by atoms with Crippen molar-refractivity contribution >= 4 is 11.8 Å². The highest BCUT2D eigenvalue weighted by Crippen LogP contribution is 2.33. The van der Waals surface area contributed by atoms with E-state index in [2.05, 4.69) is 5.32 Å². The number of amides is 2. The maximum Gasteiger partial charge on any atom is 0.225 e. The topological polar surface area (TPSA) is 69.6 Å². The van der Waals surface area contributed by atoms with Crippen molar-refractivity contribution in [1.82, 2.24) is 10.2 Å². The lowest BCUT2D eigenvalue weighted by Gasteiger charge is -2.33. The van der Waals surface area contributed by atoms with Crippen molar-refractivity contribution in [2.24, 2.45) is 5.92 Å². The summed E-state index contributed by atoms with van der Waals surface area (Å²) in [6, 6.07) is 0. The molecule has 0 bridgehead atoms. The van der Waals surface area contributed by atoms with Gasteiger partial charge in [0.2, 0.25) is 11.8 Å². The summed E-state index contributed by atoms with van der Waals surface area (Å²) in [5, 5.41) is 13.2. The van der Waals surface area contributed by atoms with E-state index in [4.69, 9.17) is 0 Å². The molecule has 2 fully saturated rings. The van der Waals surface area contributed by atoms with Gasteiger partial charge < -0.3 is 15.3 Å². The molecule has 5 nitrogen and oxygen atoms in total. The van der Waals surface area contributed by atoms with Gasteiger partial charge in [-0.1, -0.05) is 19.8 Å². The number of hydrogen-bond donors (Lipinski definition) is 2. The van der Waals surface area contributed by atoms with Gasteiger partial charge in [-0.25, -0.2) is 0 Å².